The highest BCUT2D eigenvalue weighted by Gasteiger charge is 2.28. The van der Waals surface area contributed by atoms with Crippen LogP contribution in [0.1, 0.15) is 49.0 Å². The topological polar surface area (TPSA) is 50.3 Å². The van der Waals surface area contributed by atoms with Gasteiger partial charge in [0.15, 0.2) is 0 Å². The summed E-state index contributed by atoms with van der Waals surface area (Å²) in [6.07, 6.45) is 9.77. The van der Waals surface area contributed by atoms with E-state index in [0.29, 0.717) is 11.3 Å². The van der Waals surface area contributed by atoms with E-state index in [9.17, 15) is 0 Å². The summed E-state index contributed by atoms with van der Waals surface area (Å²) in [5, 5.41) is 5.36. The molecule has 5 nitrogen and oxygen atoms in total. The standard InChI is InChI=1S/C20H27ClN4OS/c21-20-23-18(17-15-3-1-2-4-16(15)27-19(17)24-20)22-13-5-7-14(8-6-13)25-9-11-26-12-10-25/h13-14H,1-12H2,(H,22,23,24). The number of nitrogens with one attached hydrogen (secondary N) is 1. The summed E-state index contributed by atoms with van der Waals surface area (Å²) in [6.45, 7) is 3.95. The highest BCUT2D eigenvalue weighted by molar-refractivity contribution is 7.19. The molecule has 5 rings (SSSR count). The van der Waals surface area contributed by atoms with Crippen molar-refractivity contribution in [2.75, 3.05) is 31.6 Å². The van der Waals surface area contributed by atoms with Crippen LogP contribution < -0.4 is 5.32 Å². The Bertz CT molecular complexity index is 812. The van der Waals surface area contributed by atoms with Gasteiger partial charge in [0.05, 0.1) is 18.6 Å². The van der Waals surface area contributed by atoms with Gasteiger partial charge in [0.2, 0.25) is 5.28 Å². The molecule has 2 fully saturated rings. The zero-order chi connectivity index (χ0) is 18.2. The maximum atomic E-state index is 6.26. The summed E-state index contributed by atoms with van der Waals surface area (Å²) in [6, 6.07) is 1.20. The van der Waals surface area contributed by atoms with E-state index in [1.807, 2.05) is 11.3 Å². The Morgan fingerprint density at radius 3 is 2.63 bits per heavy atom. The lowest BCUT2D eigenvalue weighted by molar-refractivity contribution is 0.00791. The van der Waals surface area contributed by atoms with Crippen molar-refractivity contribution in [3.63, 3.8) is 0 Å². The Labute approximate surface area is 169 Å². The molecule has 0 bridgehead atoms. The van der Waals surface area contributed by atoms with Gasteiger partial charge in [0.1, 0.15) is 10.6 Å². The molecule has 0 unspecified atom stereocenters. The highest BCUT2D eigenvalue weighted by Crippen LogP contribution is 2.40. The molecule has 2 aliphatic carbocycles. The third-order valence-corrected chi connectivity index (χ3v) is 7.74. The highest BCUT2D eigenvalue weighted by atomic mass is 35.5. The van der Waals surface area contributed by atoms with Crippen molar-refractivity contribution in [3.8, 4) is 0 Å². The lowest BCUT2D eigenvalue weighted by Gasteiger charge is -2.39. The Hall–Kier alpha value is -0.950. The van der Waals surface area contributed by atoms with Crippen LogP contribution >= 0.6 is 22.9 Å². The molecule has 2 aromatic rings. The van der Waals surface area contributed by atoms with Crippen molar-refractivity contribution in [1.29, 1.82) is 0 Å². The van der Waals surface area contributed by atoms with Gasteiger partial charge >= 0.3 is 0 Å². The molecule has 0 radical (unpaired) electrons. The average molecular weight is 407 g/mol. The van der Waals surface area contributed by atoms with Crippen molar-refractivity contribution in [1.82, 2.24) is 14.9 Å². The molecule has 0 aromatic carbocycles. The number of morpholine rings is 1. The monoisotopic (exact) mass is 406 g/mol. The van der Waals surface area contributed by atoms with Gasteiger partial charge < -0.3 is 10.1 Å². The minimum absolute atomic E-state index is 0.366. The molecule has 2 aromatic heterocycles. The van der Waals surface area contributed by atoms with Crippen LogP contribution in [0.5, 0.6) is 0 Å². The molecule has 1 N–H and O–H groups in total. The molecule has 1 saturated carbocycles. The lowest BCUT2D eigenvalue weighted by Crippen LogP contribution is -2.46. The van der Waals surface area contributed by atoms with Gasteiger partial charge in [0, 0.05) is 30.1 Å². The molecule has 27 heavy (non-hydrogen) atoms. The molecule has 0 atom stereocenters. The summed E-state index contributed by atoms with van der Waals surface area (Å²) < 4.78 is 5.50. The van der Waals surface area contributed by atoms with E-state index < -0.39 is 0 Å². The fourth-order valence-electron chi connectivity index (χ4n) is 4.96. The molecule has 0 spiro atoms. The second-order valence-electron chi connectivity index (χ2n) is 8.03. The van der Waals surface area contributed by atoms with Crippen molar-refractivity contribution in [3.05, 3.63) is 15.7 Å². The van der Waals surface area contributed by atoms with E-state index in [4.69, 9.17) is 16.3 Å². The molecule has 1 aliphatic heterocycles. The minimum Gasteiger partial charge on any atom is -0.379 e. The number of halogens is 1. The van der Waals surface area contributed by atoms with Crippen LogP contribution in [0.15, 0.2) is 0 Å². The van der Waals surface area contributed by atoms with Crippen LogP contribution in [0.25, 0.3) is 10.2 Å². The normalized spacial score (nSPS) is 26.9. The molecule has 3 heterocycles. The van der Waals surface area contributed by atoms with Gasteiger partial charge in [-0.3, -0.25) is 4.90 Å². The van der Waals surface area contributed by atoms with Crippen LogP contribution in [0.2, 0.25) is 5.28 Å². The zero-order valence-electron chi connectivity index (χ0n) is 15.7. The van der Waals surface area contributed by atoms with E-state index in [-0.39, 0.29) is 0 Å². The Morgan fingerprint density at radius 1 is 1.04 bits per heavy atom. The number of aryl methyl sites for hydroxylation is 2. The number of rotatable bonds is 3. The quantitative estimate of drug-likeness (QED) is 0.771. The lowest BCUT2D eigenvalue weighted by atomic mass is 9.89. The van der Waals surface area contributed by atoms with Crippen molar-refractivity contribution < 1.29 is 4.74 Å². The second kappa shape index (κ2) is 7.82. The smallest absolute Gasteiger partial charge is 0.225 e. The SMILES string of the molecule is Clc1nc(NC2CCC(N3CCOCC3)CC2)c2c3c(sc2n1)CCCC3. The fraction of sp³-hybridized carbons (Fsp3) is 0.700. The van der Waals surface area contributed by atoms with Crippen molar-refractivity contribution in [2.24, 2.45) is 0 Å². The van der Waals surface area contributed by atoms with Gasteiger partial charge in [0.25, 0.3) is 0 Å². The summed E-state index contributed by atoms with van der Waals surface area (Å²) in [7, 11) is 0. The maximum Gasteiger partial charge on any atom is 0.225 e. The summed E-state index contributed by atoms with van der Waals surface area (Å²) in [4.78, 5) is 14.3. The number of anilines is 1. The fourth-order valence-corrected chi connectivity index (χ4v) is 6.44. The number of fused-ring (bicyclic) bond motifs is 3. The van der Waals surface area contributed by atoms with Crippen LogP contribution in [0.3, 0.4) is 0 Å². The Kier molecular flexibility index (Phi) is 5.24. The molecule has 7 heteroatoms. The van der Waals surface area contributed by atoms with Crippen molar-refractivity contribution in [2.45, 2.75) is 63.5 Å². The minimum atomic E-state index is 0.366. The third kappa shape index (κ3) is 3.69. The van der Waals surface area contributed by atoms with Crippen LogP contribution in [0, 0.1) is 0 Å². The van der Waals surface area contributed by atoms with Gasteiger partial charge in [-0.25, -0.2) is 9.97 Å². The summed E-state index contributed by atoms with van der Waals surface area (Å²) >= 11 is 8.07. The zero-order valence-corrected chi connectivity index (χ0v) is 17.2. The van der Waals surface area contributed by atoms with E-state index in [0.717, 1.165) is 49.4 Å². The van der Waals surface area contributed by atoms with E-state index in [2.05, 4.69) is 20.2 Å². The number of hydrogen-bond donors (Lipinski definition) is 1. The number of ether oxygens (including phenoxy) is 1. The second-order valence-corrected chi connectivity index (χ2v) is 9.45. The predicted octanol–water partition coefficient (Wildman–Crippen LogP) is 4.28. The van der Waals surface area contributed by atoms with Crippen LogP contribution in [0.4, 0.5) is 5.82 Å². The van der Waals surface area contributed by atoms with Gasteiger partial charge in [-0.15, -0.1) is 11.3 Å². The molecular weight excluding hydrogens is 380 g/mol. The molecule has 0 amide bonds. The van der Waals surface area contributed by atoms with Gasteiger partial charge in [-0.2, -0.15) is 0 Å². The molecular formula is C20H27ClN4OS. The largest absolute Gasteiger partial charge is 0.379 e. The van der Waals surface area contributed by atoms with E-state index in [1.54, 1.807) is 0 Å². The van der Waals surface area contributed by atoms with Crippen molar-refractivity contribution >= 4 is 39.0 Å². The van der Waals surface area contributed by atoms with Gasteiger partial charge in [-0.05, 0) is 68.5 Å². The first-order valence-corrected chi connectivity index (χ1v) is 11.5. The number of hydrogen-bond acceptors (Lipinski definition) is 6. The number of thiophene rings is 1. The van der Waals surface area contributed by atoms with E-state index in [1.165, 1.54) is 60.8 Å². The first kappa shape index (κ1) is 18.1. The van der Waals surface area contributed by atoms with Gasteiger partial charge in [-0.1, -0.05) is 0 Å². The Balaban J connectivity index is 1.32. The number of aromatic nitrogens is 2. The molecule has 1 saturated heterocycles. The van der Waals surface area contributed by atoms with Crippen LogP contribution in [-0.4, -0.2) is 53.3 Å². The first-order chi connectivity index (χ1) is 13.3. The number of nitrogens with zero attached hydrogens (tertiary/aromatic N) is 3. The average Bonchev–Trinajstić information content (AvgIpc) is 3.07. The summed E-state index contributed by atoms with van der Waals surface area (Å²) in [5.41, 5.74) is 1.47. The molecule has 146 valence electrons. The maximum absolute atomic E-state index is 6.26. The Morgan fingerprint density at radius 2 is 1.81 bits per heavy atom. The predicted molar refractivity (Wildman–Crippen MR) is 111 cm³/mol. The van der Waals surface area contributed by atoms with E-state index >= 15 is 0 Å². The molecule has 3 aliphatic rings. The first-order valence-electron chi connectivity index (χ1n) is 10.3. The summed E-state index contributed by atoms with van der Waals surface area (Å²) in [5.74, 6) is 0.972. The third-order valence-electron chi connectivity index (χ3n) is 6.39. The van der Waals surface area contributed by atoms with Crippen LogP contribution in [-0.2, 0) is 17.6 Å².